The Balaban J connectivity index is 2.36. The predicted molar refractivity (Wildman–Crippen MR) is 54.6 cm³/mol. The van der Waals surface area contributed by atoms with Crippen LogP contribution in [-0.2, 0) is 9.84 Å². The molecule has 0 amide bonds. The first-order chi connectivity index (χ1) is 6.05. The van der Waals surface area contributed by atoms with E-state index in [4.69, 9.17) is 5.73 Å². The molecule has 6 heteroatoms. The monoisotopic (exact) mass is 225 g/mol. The number of rotatable bonds is 4. The van der Waals surface area contributed by atoms with E-state index in [1.807, 2.05) is 0 Å². The molecule has 0 aromatic rings. The Labute approximate surface area is 82.8 Å². The third-order valence-corrected chi connectivity index (χ3v) is 5.31. The average Bonchev–Trinajstić information content (AvgIpc) is 2.25. The van der Waals surface area contributed by atoms with Crippen LogP contribution < -0.4 is 5.73 Å². The molecule has 1 aliphatic rings. The van der Waals surface area contributed by atoms with E-state index in [-0.39, 0.29) is 16.8 Å². The number of thioether (sulfide) groups is 1. The van der Waals surface area contributed by atoms with E-state index >= 15 is 0 Å². The summed E-state index contributed by atoms with van der Waals surface area (Å²) in [5, 5.41) is 9.25. The average molecular weight is 225 g/mol. The SMILES string of the molecule is NCCCSC1CS(=O)(=O)CC1O. The molecule has 78 valence electrons. The van der Waals surface area contributed by atoms with Gasteiger partial charge in [-0.05, 0) is 18.7 Å². The van der Waals surface area contributed by atoms with E-state index < -0.39 is 15.9 Å². The summed E-state index contributed by atoms with van der Waals surface area (Å²) in [6, 6.07) is 0. The van der Waals surface area contributed by atoms with Gasteiger partial charge in [-0.25, -0.2) is 8.42 Å². The van der Waals surface area contributed by atoms with Crippen molar-refractivity contribution in [2.45, 2.75) is 17.8 Å². The minimum absolute atomic E-state index is 0.0761. The molecule has 2 atom stereocenters. The molecule has 1 heterocycles. The van der Waals surface area contributed by atoms with Crippen molar-refractivity contribution < 1.29 is 13.5 Å². The molecule has 0 spiro atoms. The van der Waals surface area contributed by atoms with Crippen LogP contribution in [0.15, 0.2) is 0 Å². The molecule has 1 aliphatic heterocycles. The van der Waals surface area contributed by atoms with Gasteiger partial charge in [0.1, 0.15) is 0 Å². The van der Waals surface area contributed by atoms with E-state index in [0.29, 0.717) is 6.54 Å². The lowest BCUT2D eigenvalue weighted by Gasteiger charge is -2.10. The van der Waals surface area contributed by atoms with Crippen LogP contribution in [0.4, 0.5) is 0 Å². The van der Waals surface area contributed by atoms with E-state index in [9.17, 15) is 13.5 Å². The number of sulfone groups is 1. The van der Waals surface area contributed by atoms with Crippen molar-refractivity contribution in [1.29, 1.82) is 0 Å². The molecule has 4 nitrogen and oxygen atoms in total. The van der Waals surface area contributed by atoms with Crippen LogP contribution in [0.3, 0.4) is 0 Å². The van der Waals surface area contributed by atoms with Gasteiger partial charge in [0.15, 0.2) is 9.84 Å². The molecule has 0 bridgehead atoms. The number of aliphatic hydroxyl groups is 1. The van der Waals surface area contributed by atoms with Crippen molar-refractivity contribution >= 4 is 21.6 Å². The van der Waals surface area contributed by atoms with Gasteiger partial charge in [-0.3, -0.25) is 0 Å². The van der Waals surface area contributed by atoms with Crippen molar-refractivity contribution in [3.8, 4) is 0 Å². The predicted octanol–water partition coefficient (Wildman–Crippen LogP) is -0.774. The van der Waals surface area contributed by atoms with Crippen LogP contribution in [0.25, 0.3) is 0 Å². The zero-order chi connectivity index (χ0) is 9.90. The van der Waals surface area contributed by atoms with Gasteiger partial charge in [-0.2, -0.15) is 11.8 Å². The number of hydrogen-bond donors (Lipinski definition) is 2. The Morgan fingerprint density at radius 2 is 2.15 bits per heavy atom. The second-order valence-corrected chi connectivity index (χ2v) is 6.70. The lowest BCUT2D eigenvalue weighted by Crippen LogP contribution is -2.20. The van der Waals surface area contributed by atoms with Gasteiger partial charge < -0.3 is 10.8 Å². The largest absolute Gasteiger partial charge is 0.391 e. The smallest absolute Gasteiger partial charge is 0.154 e. The third kappa shape index (κ3) is 3.46. The Bertz CT molecular complexity index is 252. The maximum Gasteiger partial charge on any atom is 0.154 e. The maximum atomic E-state index is 11.1. The van der Waals surface area contributed by atoms with Crippen LogP contribution in [0.5, 0.6) is 0 Å². The molecule has 0 aromatic heterocycles. The van der Waals surface area contributed by atoms with Crippen LogP contribution >= 0.6 is 11.8 Å². The highest BCUT2D eigenvalue weighted by molar-refractivity contribution is 8.01. The summed E-state index contributed by atoms with van der Waals surface area (Å²) < 4.78 is 22.2. The molecule has 1 fully saturated rings. The fourth-order valence-electron chi connectivity index (χ4n) is 1.27. The molecule has 1 saturated heterocycles. The first kappa shape index (κ1) is 11.3. The summed E-state index contributed by atoms with van der Waals surface area (Å²) in [5.74, 6) is 0.866. The van der Waals surface area contributed by atoms with Crippen molar-refractivity contribution in [3.63, 3.8) is 0 Å². The molecular weight excluding hydrogens is 210 g/mol. The van der Waals surface area contributed by atoms with Gasteiger partial charge in [0, 0.05) is 5.25 Å². The van der Waals surface area contributed by atoms with Crippen molar-refractivity contribution in [2.75, 3.05) is 23.8 Å². The third-order valence-electron chi connectivity index (χ3n) is 1.95. The van der Waals surface area contributed by atoms with Crippen LogP contribution in [-0.4, -0.2) is 48.7 Å². The van der Waals surface area contributed by atoms with Gasteiger partial charge in [-0.1, -0.05) is 0 Å². The minimum Gasteiger partial charge on any atom is -0.391 e. The molecular formula is C7H15NO3S2. The first-order valence-corrected chi connectivity index (χ1v) is 7.12. The summed E-state index contributed by atoms with van der Waals surface area (Å²) in [6.45, 7) is 0.614. The normalized spacial score (nSPS) is 32.2. The minimum atomic E-state index is -2.98. The van der Waals surface area contributed by atoms with Gasteiger partial charge in [0.2, 0.25) is 0 Å². The van der Waals surface area contributed by atoms with Gasteiger partial charge in [0.05, 0.1) is 17.6 Å². The maximum absolute atomic E-state index is 11.1. The summed E-state index contributed by atoms with van der Waals surface area (Å²) in [6.07, 6.45) is 0.182. The van der Waals surface area contributed by atoms with E-state index in [1.165, 1.54) is 11.8 Å². The number of aliphatic hydroxyl groups excluding tert-OH is 1. The quantitative estimate of drug-likeness (QED) is 0.614. The Morgan fingerprint density at radius 3 is 2.62 bits per heavy atom. The lowest BCUT2D eigenvalue weighted by atomic mass is 10.3. The molecule has 0 aliphatic carbocycles. The van der Waals surface area contributed by atoms with Gasteiger partial charge >= 0.3 is 0 Å². The highest BCUT2D eigenvalue weighted by atomic mass is 32.2. The van der Waals surface area contributed by atoms with E-state index in [1.54, 1.807) is 0 Å². The lowest BCUT2D eigenvalue weighted by molar-refractivity contribution is 0.207. The van der Waals surface area contributed by atoms with Crippen molar-refractivity contribution in [1.82, 2.24) is 0 Å². The Kier molecular flexibility index (Phi) is 4.03. The van der Waals surface area contributed by atoms with Crippen LogP contribution in [0.2, 0.25) is 0 Å². The summed E-state index contributed by atoms with van der Waals surface area (Å²) >= 11 is 1.51. The standard InChI is InChI=1S/C7H15NO3S2/c8-2-1-3-12-7-5-13(10,11)4-6(7)9/h6-7,9H,1-5,8H2. The van der Waals surface area contributed by atoms with Crippen molar-refractivity contribution in [2.24, 2.45) is 5.73 Å². The molecule has 13 heavy (non-hydrogen) atoms. The molecule has 1 rings (SSSR count). The molecule has 3 N–H and O–H groups in total. The highest BCUT2D eigenvalue weighted by Crippen LogP contribution is 2.25. The van der Waals surface area contributed by atoms with Crippen molar-refractivity contribution in [3.05, 3.63) is 0 Å². The second kappa shape index (κ2) is 4.63. The van der Waals surface area contributed by atoms with E-state index in [0.717, 1.165) is 12.2 Å². The van der Waals surface area contributed by atoms with Gasteiger partial charge in [-0.15, -0.1) is 0 Å². The topological polar surface area (TPSA) is 80.4 Å². The second-order valence-electron chi connectivity index (χ2n) is 3.20. The fourth-order valence-corrected chi connectivity index (χ4v) is 4.97. The summed E-state index contributed by atoms with van der Waals surface area (Å²) in [4.78, 5) is 0. The highest BCUT2D eigenvalue weighted by Gasteiger charge is 2.36. The van der Waals surface area contributed by atoms with E-state index in [2.05, 4.69) is 0 Å². The fraction of sp³-hybridized carbons (Fsp3) is 1.00. The Hall–Kier alpha value is 0.220. The van der Waals surface area contributed by atoms with Crippen LogP contribution in [0.1, 0.15) is 6.42 Å². The summed E-state index contributed by atoms with van der Waals surface area (Å²) in [5.41, 5.74) is 5.31. The van der Waals surface area contributed by atoms with Crippen LogP contribution in [0, 0.1) is 0 Å². The number of nitrogens with two attached hydrogens (primary N) is 1. The molecule has 2 unspecified atom stereocenters. The molecule has 0 saturated carbocycles. The molecule has 0 radical (unpaired) electrons. The number of hydrogen-bond acceptors (Lipinski definition) is 5. The van der Waals surface area contributed by atoms with Gasteiger partial charge in [0.25, 0.3) is 0 Å². The zero-order valence-corrected chi connectivity index (χ0v) is 8.98. The zero-order valence-electron chi connectivity index (χ0n) is 7.35. The molecule has 0 aromatic carbocycles. The Morgan fingerprint density at radius 1 is 1.46 bits per heavy atom. The first-order valence-electron chi connectivity index (χ1n) is 4.25. The summed E-state index contributed by atoms with van der Waals surface area (Å²) in [7, 11) is -2.98.